The fourth-order valence-corrected chi connectivity index (χ4v) is 3.20. The molecule has 1 heterocycles. The molecule has 0 spiro atoms. The van der Waals surface area contributed by atoms with Crippen LogP contribution in [-0.4, -0.2) is 16.9 Å². The molecule has 25 heavy (non-hydrogen) atoms. The van der Waals surface area contributed by atoms with Crippen molar-refractivity contribution in [2.45, 2.75) is 19.8 Å². The first kappa shape index (κ1) is 17.5. The summed E-state index contributed by atoms with van der Waals surface area (Å²) in [7, 11) is 0. The zero-order valence-corrected chi connectivity index (χ0v) is 15.1. The summed E-state index contributed by atoms with van der Waals surface area (Å²) >= 11 is 12.0. The summed E-state index contributed by atoms with van der Waals surface area (Å²) in [6.45, 7) is 4.10. The lowest BCUT2D eigenvalue weighted by atomic mass is 10.0. The molecule has 2 aromatic carbocycles. The Hall–Kier alpha value is -2.30. The van der Waals surface area contributed by atoms with Gasteiger partial charge in [0.2, 0.25) is 0 Å². The number of hydrogen-bond donors (Lipinski definition) is 1. The molecule has 1 N–H and O–H groups in total. The van der Waals surface area contributed by atoms with Crippen molar-refractivity contribution < 1.29 is 14.7 Å². The molecule has 2 aromatic rings. The molecule has 0 aliphatic carbocycles. The molecule has 2 amide bonds. The van der Waals surface area contributed by atoms with Gasteiger partial charge in [-0.3, -0.25) is 9.59 Å². The fraction of sp³-hybridized carbons (Fsp3) is 0.158. The molecule has 4 nitrogen and oxygen atoms in total. The minimum Gasteiger partial charge on any atom is -0.502 e. The SMILES string of the molecule is CC(C)c1ccc(N2C(=O)C(O)=C(c3ccc(Cl)cc3Cl)C2=O)cc1. The van der Waals surface area contributed by atoms with Crippen LogP contribution in [-0.2, 0) is 9.59 Å². The van der Waals surface area contributed by atoms with E-state index in [9.17, 15) is 14.7 Å². The molecule has 6 heteroatoms. The highest BCUT2D eigenvalue weighted by molar-refractivity contribution is 6.47. The van der Waals surface area contributed by atoms with Crippen molar-refractivity contribution in [1.82, 2.24) is 0 Å². The lowest BCUT2D eigenvalue weighted by Gasteiger charge is -2.16. The highest BCUT2D eigenvalue weighted by Crippen LogP contribution is 2.36. The Morgan fingerprint density at radius 2 is 1.60 bits per heavy atom. The van der Waals surface area contributed by atoms with Crippen LogP contribution in [0.4, 0.5) is 5.69 Å². The monoisotopic (exact) mass is 375 g/mol. The van der Waals surface area contributed by atoms with E-state index in [2.05, 4.69) is 13.8 Å². The second-order valence-electron chi connectivity index (χ2n) is 6.04. The molecule has 0 saturated heterocycles. The summed E-state index contributed by atoms with van der Waals surface area (Å²) in [5.41, 5.74) is 1.62. The van der Waals surface area contributed by atoms with Crippen LogP contribution < -0.4 is 4.90 Å². The number of aliphatic hydroxyl groups is 1. The fourth-order valence-electron chi connectivity index (χ4n) is 2.70. The Morgan fingerprint density at radius 3 is 2.16 bits per heavy atom. The maximum atomic E-state index is 12.8. The summed E-state index contributed by atoms with van der Waals surface area (Å²) in [6.07, 6.45) is 0. The van der Waals surface area contributed by atoms with Crippen molar-refractivity contribution in [2.75, 3.05) is 4.90 Å². The molecule has 0 unspecified atom stereocenters. The molecule has 0 saturated carbocycles. The minimum atomic E-state index is -0.775. The van der Waals surface area contributed by atoms with Crippen LogP contribution in [0.25, 0.3) is 5.57 Å². The van der Waals surface area contributed by atoms with Crippen LogP contribution in [0.15, 0.2) is 48.2 Å². The van der Waals surface area contributed by atoms with Crippen LogP contribution >= 0.6 is 23.2 Å². The Morgan fingerprint density at radius 1 is 0.960 bits per heavy atom. The second kappa shape index (κ2) is 6.54. The first-order chi connectivity index (χ1) is 11.8. The van der Waals surface area contributed by atoms with Crippen molar-refractivity contribution in [3.8, 4) is 0 Å². The number of anilines is 1. The van der Waals surface area contributed by atoms with E-state index >= 15 is 0 Å². The number of carbonyl (C=O) groups is 2. The number of aliphatic hydroxyl groups excluding tert-OH is 1. The highest BCUT2D eigenvalue weighted by atomic mass is 35.5. The van der Waals surface area contributed by atoms with Gasteiger partial charge in [-0.25, -0.2) is 4.90 Å². The van der Waals surface area contributed by atoms with Crippen LogP contribution in [0.1, 0.15) is 30.9 Å². The molecule has 128 valence electrons. The van der Waals surface area contributed by atoms with E-state index in [0.717, 1.165) is 10.5 Å². The average molecular weight is 376 g/mol. The number of hydrogen-bond acceptors (Lipinski definition) is 3. The molecule has 0 fully saturated rings. The Kier molecular flexibility index (Phi) is 4.58. The zero-order chi connectivity index (χ0) is 18.3. The maximum absolute atomic E-state index is 12.8. The summed E-state index contributed by atoms with van der Waals surface area (Å²) in [5.74, 6) is -1.69. The van der Waals surface area contributed by atoms with Gasteiger partial charge in [-0.2, -0.15) is 0 Å². The lowest BCUT2D eigenvalue weighted by molar-refractivity contribution is -0.121. The van der Waals surface area contributed by atoms with E-state index in [-0.39, 0.29) is 16.2 Å². The molecule has 0 bridgehead atoms. The molecular weight excluding hydrogens is 361 g/mol. The summed E-state index contributed by atoms with van der Waals surface area (Å²) in [4.78, 5) is 26.1. The predicted molar refractivity (Wildman–Crippen MR) is 99.0 cm³/mol. The van der Waals surface area contributed by atoms with Crippen molar-refractivity contribution in [2.24, 2.45) is 0 Å². The van der Waals surface area contributed by atoms with Crippen LogP contribution in [0.5, 0.6) is 0 Å². The van der Waals surface area contributed by atoms with Crippen LogP contribution in [0.2, 0.25) is 10.0 Å². The van der Waals surface area contributed by atoms with Crippen molar-refractivity contribution in [3.05, 3.63) is 69.4 Å². The number of rotatable bonds is 3. The lowest BCUT2D eigenvalue weighted by Crippen LogP contribution is -2.31. The van der Waals surface area contributed by atoms with Gasteiger partial charge in [0.15, 0.2) is 5.76 Å². The standard InChI is InChI=1S/C19H15Cl2NO3/c1-10(2)11-3-6-13(7-4-11)22-18(24)16(17(23)19(22)25)14-8-5-12(20)9-15(14)21/h3-10,23H,1-2H3. The average Bonchev–Trinajstić information content (AvgIpc) is 2.78. The largest absolute Gasteiger partial charge is 0.502 e. The van der Waals surface area contributed by atoms with Crippen molar-refractivity contribution in [1.29, 1.82) is 0 Å². The Balaban J connectivity index is 2.01. The van der Waals surface area contributed by atoms with Gasteiger partial charge in [-0.15, -0.1) is 0 Å². The van der Waals surface area contributed by atoms with Crippen LogP contribution in [0, 0.1) is 0 Å². The van der Waals surface area contributed by atoms with E-state index in [0.29, 0.717) is 16.6 Å². The van der Waals surface area contributed by atoms with Gasteiger partial charge in [0.1, 0.15) is 0 Å². The van der Waals surface area contributed by atoms with Gasteiger partial charge in [0.25, 0.3) is 5.91 Å². The third-order valence-corrected chi connectivity index (χ3v) is 4.63. The Labute approximate surface area is 155 Å². The second-order valence-corrected chi connectivity index (χ2v) is 6.88. The number of nitrogens with zero attached hydrogens (tertiary/aromatic N) is 1. The predicted octanol–water partition coefficient (Wildman–Crippen LogP) is 4.96. The van der Waals surface area contributed by atoms with Gasteiger partial charge in [0.05, 0.1) is 16.3 Å². The Bertz CT molecular complexity index is 901. The van der Waals surface area contributed by atoms with Crippen LogP contribution in [0.3, 0.4) is 0 Å². The number of amides is 2. The minimum absolute atomic E-state index is 0.125. The molecule has 3 rings (SSSR count). The molecular formula is C19H15Cl2NO3. The highest BCUT2D eigenvalue weighted by Gasteiger charge is 2.40. The van der Waals surface area contributed by atoms with Crippen molar-refractivity contribution >= 4 is 46.3 Å². The molecule has 0 radical (unpaired) electrons. The zero-order valence-electron chi connectivity index (χ0n) is 13.6. The molecule has 1 aliphatic rings. The summed E-state index contributed by atoms with van der Waals surface area (Å²) < 4.78 is 0. The quantitative estimate of drug-likeness (QED) is 0.771. The molecule has 0 atom stereocenters. The number of halogens is 2. The number of benzene rings is 2. The topological polar surface area (TPSA) is 57.6 Å². The molecule has 1 aliphatic heterocycles. The van der Waals surface area contributed by atoms with Gasteiger partial charge in [0, 0.05) is 10.6 Å². The summed E-state index contributed by atoms with van der Waals surface area (Å²) in [6, 6.07) is 11.6. The van der Waals surface area contributed by atoms with E-state index in [1.54, 1.807) is 18.2 Å². The van der Waals surface area contributed by atoms with E-state index in [1.165, 1.54) is 12.1 Å². The van der Waals surface area contributed by atoms with Gasteiger partial charge in [-0.05, 0) is 35.7 Å². The van der Waals surface area contributed by atoms with Gasteiger partial charge >= 0.3 is 5.91 Å². The van der Waals surface area contributed by atoms with E-state index in [1.807, 2.05) is 12.1 Å². The maximum Gasteiger partial charge on any atom is 0.301 e. The summed E-state index contributed by atoms with van der Waals surface area (Å²) in [5, 5.41) is 10.8. The first-order valence-electron chi connectivity index (χ1n) is 7.68. The third kappa shape index (κ3) is 3.03. The van der Waals surface area contributed by atoms with Gasteiger partial charge in [-0.1, -0.05) is 55.2 Å². The molecule has 0 aromatic heterocycles. The smallest absolute Gasteiger partial charge is 0.301 e. The van der Waals surface area contributed by atoms with Gasteiger partial charge < -0.3 is 5.11 Å². The third-order valence-electron chi connectivity index (χ3n) is 4.08. The number of imide groups is 1. The first-order valence-corrected chi connectivity index (χ1v) is 8.44. The van der Waals surface area contributed by atoms with E-state index < -0.39 is 17.6 Å². The normalized spacial score (nSPS) is 14.8. The number of carbonyl (C=O) groups excluding carboxylic acids is 2. The van der Waals surface area contributed by atoms with E-state index in [4.69, 9.17) is 23.2 Å². The van der Waals surface area contributed by atoms with Crippen molar-refractivity contribution in [3.63, 3.8) is 0 Å².